The minimum Gasteiger partial charge on any atom is -0.256 e. The second-order valence-corrected chi connectivity index (χ2v) is 26.4. The fourth-order valence-corrected chi connectivity index (χ4v) is 15.6. The molecule has 0 aliphatic rings. The Morgan fingerprint density at radius 2 is 0.457 bits per heavy atom. The quantitative estimate of drug-likeness (QED) is 0.114. The maximum absolute atomic E-state index is 4.54. The monoisotopic (exact) mass is 1210 g/mol. The van der Waals surface area contributed by atoms with E-state index in [-0.39, 0.29) is 13.4 Å². The number of benzene rings is 12. The van der Waals surface area contributed by atoms with Crippen molar-refractivity contribution in [3.63, 3.8) is 0 Å². The molecule has 0 fully saturated rings. The van der Waals surface area contributed by atoms with Gasteiger partial charge in [0.05, 0.1) is 11.4 Å². The summed E-state index contributed by atoms with van der Waals surface area (Å²) in [6, 6.07) is 93.8. The van der Waals surface area contributed by atoms with Gasteiger partial charge in [0, 0.05) is 23.5 Å². The van der Waals surface area contributed by atoms with Crippen molar-refractivity contribution in [2.75, 3.05) is 0 Å². The first kappa shape index (κ1) is 62.4. The molecule has 0 saturated heterocycles. The second-order valence-electron chi connectivity index (χ2n) is 26.4. The molecule has 2 aromatic heterocycles. The summed E-state index contributed by atoms with van der Waals surface area (Å²) in [5.74, 6) is 0. The van der Waals surface area contributed by atoms with Gasteiger partial charge in [-0.3, -0.25) is 9.97 Å². The molecule has 0 aliphatic heterocycles. The molecule has 14 rings (SSSR count). The molecule has 14 aromatic rings. The molecule has 0 N–H and O–H groups in total. The van der Waals surface area contributed by atoms with E-state index in [0.717, 1.165) is 22.5 Å². The number of aryl methyl sites for hydroxylation is 12. The van der Waals surface area contributed by atoms with Crippen molar-refractivity contribution in [2.24, 2.45) is 0 Å². The van der Waals surface area contributed by atoms with Crippen LogP contribution in [0.25, 0.3) is 88.6 Å². The van der Waals surface area contributed by atoms with Crippen molar-refractivity contribution < 1.29 is 0 Å². The van der Waals surface area contributed by atoms with Crippen LogP contribution in [0.5, 0.6) is 0 Å². The van der Waals surface area contributed by atoms with Gasteiger partial charge in [0.15, 0.2) is 0 Å². The Bertz CT molecular complexity index is 4570. The van der Waals surface area contributed by atoms with Crippen LogP contribution in [-0.2, 0) is 0 Å². The molecular formula is C90H80B2N2. The number of pyridine rings is 2. The number of aromatic nitrogens is 2. The van der Waals surface area contributed by atoms with Crippen molar-refractivity contribution in [1.82, 2.24) is 9.97 Å². The van der Waals surface area contributed by atoms with Crippen LogP contribution < -0.4 is 32.8 Å². The summed E-state index contributed by atoms with van der Waals surface area (Å²) in [5.41, 5.74) is 38.4. The Morgan fingerprint density at radius 3 is 0.691 bits per heavy atom. The van der Waals surface area contributed by atoms with Crippen LogP contribution in [0, 0.1) is 83.1 Å². The fraction of sp³-hybridized carbons (Fsp3) is 0.133. The van der Waals surface area contributed by atoms with Crippen molar-refractivity contribution in [3.05, 3.63) is 334 Å². The Kier molecular flexibility index (Phi) is 17.7. The molecular weight excluding hydrogens is 1130 g/mol. The topological polar surface area (TPSA) is 25.8 Å². The van der Waals surface area contributed by atoms with Crippen LogP contribution in [0.2, 0.25) is 0 Å². The van der Waals surface area contributed by atoms with Gasteiger partial charge in [0.25, 0.3) is 0 Å². The lowest BCUT2D eigenvalue weighted by Gasteiger charge is -2.25. The highest BCUT2D eigenvalue weighted by Crippen LogP contribution is 2.39. The highest BCUT2D eigenvalue weighted by atomic mass is 14.7. The highest BCUT2D eigenvalue weighted by Gasteiger charge is 2.30. The summed E-state index contributed by atoms with van der Waals surface area (Å²) in [6.45, 7) is 27.3. The Balaban J connectivity index is 0.000000171. The minimum absolute atomic E-state index is 0.158. The number of nitrogens with zero attached hydrogens (tertiary/aromatic N) is 2. The SMILES string of the molecule is Cc1cc(C)c(B(c2ccc(-c3cccc4cccc(-c5ccc(-c6ccccn6)cc5)c34)cc2)c2c(C)cc(C)cc2C)c(C)c1.Cc1cc(C)c(B(c2ccc(-c3cccc4cccc(-c5ccc(-c6ccccn6)cc5)c34)cc2)c2c(C)cc(C)cc2C)c(C)c1. The highest BCUT2D eigenvalue weighted by molar-refractivity contribution is 6.97. The van der Waals surface area contributed by atoms with E-state index in [9.17, 15) is 0 Å². The van der Waals surface area contributed by atoms with Crippen LogP contribution >= 0.6 is 0 Å². The van der Waals surface area contributed by atoms with Crippen molar-refractivity contribution in [3.8, 4) is 67.0 Å². The van der Waals surface area contributed by atoms with Crippen LogP contribution in [0.1, 0.15) is 66.8 Å². The third-order valence-corrected chi connectivity index (χ3v) is 19.3. The van der Waals surface area contributed by atoms with Crippen LogP contribution in [0.4, 0.5) is 0 Å². The van der Waals surface area contributed by atoms with Gasteiger partial charge in [-0.1, -0.05) is 330 Å². The largest absolute Gasteiger partial charge is 0.256 e. The average molecular weight is 1210 g/mol. The normalized spacial score (nSPS) is 11.2. The summed E-state index contributed by atoms with van der Waals surface area (Å²) in [6.07, 6.45) is 3.69. The summed E-state index contributed by atoms with van der Waals surface area (Å²) in [5, 5.41) is 5.04. The molecule has 0 atom stereocenters. The lowest BCUT2D eigenvalue weighted by Crippen LogP contribution is -2.55. The number of fused-ring (bicyclic) bond motifs is 2. The lowest BCUT2D eigenvalue weighted by molar-refractivity contribution is 1.33. The molecule has 0 saturated carbocycles. The maximum Gasteiger partial charge on any atom is 0.242 e. The zero-order valence-electron chi connectivity index (χ0n) is 56.5. The first-order valence-electron chi connectivity index (χ1n) is 33.2. The van der Waals surface area contributed by atoms with Crippen molar-refractivity contribution >= 4 is 67.7 Å². The Labute approximate surface area is 558 Å². The van der Waals surface area contributed by atoms with Gasteiger partial charge in [-0.05, 0) is 173 Å². The molecule has 2 heterocycles. The molecule has 4 heteroatoms. The van der Waals surface area contributed by atoms with Crippen molar-refractivity contribution in [2.45, 2.75) is 83.1 Å². The van der Waals surface area contributed by atoms with E-state index >= 15 is 0 Å². The molecule has 0 bridgehead atoms. The lowest BCUT2D eigenvalue weighted by atomic mass is 9.34. The molecule has 0 amide bonds. The third-order valence-electron chi connectivity index (χ3n) is 19.3. The third kappa shape index (κ3) is 12.5. The summed E-state index contributed by atoms with van der Waals surface area (Å²) in [4.78, 5) is 9.08. The first-order valence-corrected chi connectivity index (χ1v) is 33.2. The molecule has 0 aliphatic carbocycles. The first-order chi connectivity index (χ1) is 45.6. The second kappa shape index (κ2) is 26.7. The molecule has 0 unspecified atom stereocenters. The molecule has 0 radical (unpaired) electrons. The average Bonchev–Trinajstić information content (AvgIpc) is 0.781. The van der Waals surface area contributed by atoms with Crippen LogP contribution in [-0.4, -0.2) is 23.4 Å². The molecule has 0 spiro atoms. The van der Waals surface area contributed by atoms with E-state index in [2.05, 4.69) is 324 Å². The van der Waals surface area contributed by atoms with E-state index in [1.807, 2.05) is 36.7 Å². The maximum atomic E-state index is 4.54. The van der Waals surface area contributed by atoms with Crippen molar-refractivity contribution in [1.29, 1.82) is 0 Å². The summed E-state index contributed by atoms with van der Waals surface area (Å²) < 4.78 is 0. The van der Waals surface area contributed by atoms with Gasteiger partial charge < -0.3 is 0 Å². The Hall–Kier alpha value is -10.4. The molecule has 2 nitrogen and oxygen atoms in total. The number of rotatable bonds is 12. The van der Waals surface area contributed by atoms with E-state index in [1.54, 1.807) is 0 Å². The predicted octanol–water partition coefficient (Wildman–Crippen LogP) is 19.2. The zero-order chi connectivity index (χ0) is 65.3. The number of hydrogen-bond acceptors (Lipinski definition) is 2. The fourth-order valence-electron chi connectivity index (χ4n) is 15.6. The van der Waals surface area contributed by atoms with Crippen LogP contribution in [0.15, 0.2) is 267 Å². The van der Waals surface area contributed by atoms with Crippen LogP contribution in [0.3, 0.4) is 0 Å². The smallest absolute Gasteiger partial charge is 0.242 e. The van der Waals surface area contributed by atoms with Gasteiger partial charge in [-0.15, -0.1) is 0 Å². The molecule has 94 heavy (non-hydrogen) atoms. The summed E-state index contributed by atoms with van der Waals surface area (Å²) >= 11 is 0. The van der Waals surface area contributed by atoms with Gasteiger partial charge in [0.2, 0.25) is 13.4 Å². The molecule has 12 aromatic carbocycles. The van der Waals surface area contributed by atoms with E-state index in [4.69, 9.17) is 0 Å². The van der Waals surface area contributed by atoms with E-state index < -0.39 is 0 Å². The number of hydrogen-bond donors (Lipinski definition) is 0. The minimum atomic E-state index is 0.158. The standard InChI is InChI=1S/2C45H40BN/c2*1-29-25-31(3)44(32(4)26-29)46(45-33(5)27-30(2)28-34(45)6)39-22-20-36(21-23-39)41-14-10-12-38-11-9-13-40(43(38)41)35-16-18-37(19-17-35)42-15-7-8-24-47-42/h2*7-28H,1-6H3. The van der Waals surface area contributed by atoms with E-state index in [0.29, 0.717) is 0 Å². The Morgan fingerprint density at radius 1 is 0.223 bits per heavy atom. The van der Waals surface area contributed by atoms with Gasteiger partial charge in [-0.2, -0.15) is 0 Å². The van der Waals surface area contributed by atoms with Gasteiger partial charge in [0.1, 0.15) is 0 Å². The predicted molar refractivity (Wildman–Crippen MR) is 408 cm³/mol. The van der Waals surface area contributed by atoms with E-state index in [1.165, 1.54) is 166 Å². The molecule has 456 valence electrons. The van der Waals surface area contributed by atoms with Gasteiger partial charge >= 0.3 is 0 Å². The zero-order valence-corrected chi connectivity index (χ0v) is 56.5. The summed E-state index contributed by atoms with van der Waals surface area (Å²) in [7, 11) is 0. The van der Waals surface area contributed by atoms with Gasteiger partial charge in [-0.25, -0.2) is 0 Å².